The monoisotopic (exact) mass is 293 g/mol. The molecule has 0 amide bonds. The van der Waals surface area contributed by atoms with Gasteiger partial charge in [-0.3, -0.25) is 0 Å². The van der Waals surface area contributed by atoms with Gasteiger partial charge in [0.15, 0.2) is 0 Å². The molecular formula is C14H13BrFN. The Kier molecular flexibility index (Phi) is 3.79. The molecule has 2 rings (SSSR count). The minimum atomic E-state index is -0.191. The smallest absolute Gasteiger partial charge is 0.123 e. The fourth-order valence-corrected chi connectivity index (χ4v) is 1.86. The van der Waals surface area contributed by atoms with Crippen LogP contribution in [0.3, 0.4) is 0 Å². The average Bonchev–Trinajstić information content (AvgIpc) is 2.32. The highest BCUT2D eigenvalue weighted by Crippen LogP contribution is 2.16. The Labute approximate surface area is 109 Å². The fourth-order valence-electron chi connectivity index (χ4n) is 1.60. The Morgan fingerprint density at radius 1 is 1.12 bits per heavy atom. The van der Waals surface area contributed by atoms with E-state index < -0.39 is 0 Å². The maximum atomic E-state index is 13.1. The van der Waals surface area contributed by atoms with Crippen molar-refractivity contribution in [3.05, 3.63) is 63.9 Å². The normalized spacial score (nSPS) is 10.3. The molecule has 0 aliphatic heterocycles. The van der Waals surface area contributed by atoms with E-state index in [4.69, 9.17) is 0 Å². The van der Waals surface area contributed by atoms with Gasteiger partial charge in [-0.1, -0.05) is 22.0 Å². The first-order valence-electron chi connectivity index (χ1n) is 5.39. The summed E-state index contributed by atoms with van der Waals surface area (Å²) in [6, 6.07) is 12.8. The lowest BCUT2D eigenvalue weighted by Gasteiger charge is -2.09. The van der Waals surface area contributed by atoms with Gasteiger partial charge in [0, 0.05) is 16.7 Å². The molecule has 0 radical (unpaired) electrons. The molecule has 2 aromatic rings. The lowest BCUT2D eigenvalue weighted by Crippen LogP contribution is -2.01. The van der Waals surface area contributed by atoms with Crippen LogP contribution in [0.1, 0.15) is 11.1 Å². The van der Waals surface area contributed by atoms with E-state index >= 15 is 0 Å². The van der Waals surface area contributed by atoms with E-state index in [1.165, 1.54) is 6.07 Å². The Bertz CT molecular complexity index is 508. The van der Waals surface area contributed by atoms with Crippen molar-refractivity contribution in [2.75, 3.05) is 5.32 Å². The summed E-state index contributed by atoms with van der Waals surface area (Å²) >= 11 is 3.39. The number of hydrogen-bond donors (Lipinski definition) is 1. The summed E-state index contributed by atoms with van der Waals surface area (Å²) in [5.41, 5.74) is 3.10. The van der Waals surface area contributed by atoms with Crippen molar-refractivity contribution in [1.29, 1.82) is 0 Å². The van der Waals surface area contributed by atoms with Crippen LogP contribution in [-0.2, 0) is 6.54 Å². The van der Waals surface area contributed by atoms with Crippen molar-refractivity contribution in [3.8, 4) is 0 Å². The van der Waals surface area contributed by atoms with Gasteiger partial charge in [-0.2, -0.15) is 0 Å². The number of nitrogens with one attached hydrogen (secondary N) is 1. The molecule has 3 heteroatoms. The Morgan fingerprint density at radius 2 is 1.82 bits per heavy atom. The highest BCUT2D eigenvalue weighted by molar-refractivity contribution is 9.10. The Hall–Kier alpha value is -1.35. The summed E-state index contributed by atoms with van der Waals surface area (Å²) in [5.74, 6) is -0.191. The second-order valence-corrected chi connectivity index (χ2v) is 4.85. The highest BCUT2D eigenvalue weighted by atomic mass is 79.9. The van der Waals surface area contributed by atoms with Gasteiger partial charge < -0.3 is 5.32 Å². The molecule has 0 spiro atoms. The number of hydrogen-bond acceptors (Lipinski definition) is 1. The van der Waals surface area contributed by atoms with Crippen molar-refractivity contribution < 1.29 is 4.39 Å². The van der Waals surface area contributed by atoms with E-state index in [9.17, 15) is 4.39 Å². The maximum absolute atomic E-state index is 13.1. The van der Waals surface area contributed by atoms with E-state index in [0.717, 1.165) is 21.3 Å². The van der Waals surface area contributed by atoms with E-state index in [2.05, 4.69) is 21.2 Å². The van der Waals surface area contributed by atoms with Gasteiger partial charge in [-0.15, -0.1) is 0 Å². The number of rotatable bonds is 3. The SMILES string of the molecule is Cc1ccc(F)cc1CNc1ccc(Br)cc1. The third kappa shape index (κ3) is 3.30. The van der Waals surface area contributed by atoms with Crippen molar-refractivity contribution >= 4 is 21.6 Å². The summed E-state index contributed by atoms with van der Waals surface area (Å²) < 4.78 is 14.1. The molecule has 0 atom stereocenters. The molecule has 0 aromatic heterocycles. The third-order valence-electron chi connectivity index (χ3n) is 2.64. The van der Waals surface area contributed by atoms with Crippen LogP contribution in [-0.4, -0.2) is 0 Å². The van der Waals surface area contributed by atoms with Crippen LogP contribution in [0.15, 0.2) is 46.9 Å². The van der Waals surface area contributed by atoms with Gasteiger partial charge in [0.25, 0.3) is 0 Å². The highest BCUT2D eigenvalue weighted by Gasteiger charge is 2.00. The van der Waals surface area contributed by atoms with Crippen LogP contribution in [0.5, 0.6) is 0 Å². The quantitative estimate of drug-likeness (QED) is 0.878. The number of benzene rings is 2. The summed E-state index contributed by atoms with van der Waals surface area (Å²) in [6.45, 7) is 2.61. The minimum Gasteiger partial charge on any atom is -0.381 e. The van der Waals surface area contributed by atoms with Crippen molar-refractivity contribution in [2.45, 2.75) is 13.5 Å². The third-order valence-corrected chi connectivity index (χ3v) is 3.17. The second kappa shape index (κ2) is 5.32. The molecule has 1 N–H and O–H groups in total. The van der Waals surface area contributed by atoms with Crippen LogP contribution < -0.4 is 5.32 Å². The molecule has 0 fully saturated rings. The standard InChI is InChI=1S/C14H13BrFN/c1-10-2-5-13(16)8-11(10)9-17-14-6-3-12(15)4-7-14/h2-8,17H,9H2,1H3. The van der Waals surface area contributed by atoms with E-state index in [0.29, 0.717) is 6.54 Å². The molecule has 0 heterocycles. The van der Waals surface area contributed by atoms with E-state index in [1.807, 2.05) is 31.2 Å². The predicted octanol–water partition coefficient (Wildman–Crippen LogP) is 4.51. The zero-order valence-corrected chi connectivity index (χ0v) is 11.1. The first kappa shape index (κ1) is 12.1. The van der Waals surface area contributed by atoms with Crippen LogP contribution in [0.25, 0.3) is 0 Å². The molecule has 0 saturated carbocycles. The first-order chi connectivity index (χ1) is 8.15. The molecule has 1 nitrogen and oxygen atoms in total. The first-order valence-corrected chi connectivity index (χ1v) is 6.19. The molecule has 0 bridgehead atoms. The average molecular weight is 294 g/mol. The zero-order valence-electron chi connectivity index (χ0n) is 9.50. The molecular weight excluding hydrogens is 281 g/mol. The van der Waals surface area contributed by atoms with Crippen LogP contribution in [0.2, 0.25) is 0 Å². The molecule has 2 aromatic carbocycles. The lowest BCUT2D eigenvalue weighted by molar-refractivity contribution is 0.625. The van der Waals surface area contributed by atoms with Crippen molar-refractivity contribution in [2.24, 2.45) is 0 Å². The summed E-state index contributed by atoms with van der Waals surface area (Å²) in [4.78, 5) is 0. The summed E-state index contributed by atoms with van der Waals surface area (Å²) in [6.07, 6.45) is 0. The second-order valence-electron chi connectivity index (χ2n) is 3.93. The van der Waals surface area contributed by atoms with Gasteiger partial charge in [-0.05, 0) is 54.4 Å². The largest absolute Gasteiger partial charge is 0.381 e. The van der Waals surface area contributed by atoms with Crippen LogP contribution in [0.4, 0.5) is 10.1 Å². The Balaban J connectivity index is 2.07. The van der Waals surface area contributed by atoms with Crippen LogP contribution in [0, 0.1) is 12.7 Å². The maximum Gasteiger partial charge on any atom is 0.123 e. The summed E-state index contributed by atoms with van der Waals surface area (Å²) in [5, 5.41) is 3.27. The molecule has 0 aliphatic rings. The number of aryl methyl sites for hydroxylation is 1. The molecule has 0 aliphatic carbocycles. The van der Waals surface area contributed by atoms with E-state index in [-0.39, 0.29) is 5.82 Å². The van der Waals surface area contributed by atoms with Crippen molar-refractivity contribution in [1.82, 2.24) is 0 Å². The lowest BCUT2D eigenvalue weighted by atomic mass is 10.1. The van der Waals surface area contributed by atoms with Gasteiger partial charge in [0.1, 0.15) is 5.82 Å². The number of halogens is 2. The molecule has 17 heavy (non-hydrogen) atoms. The Morgan fingerprint density at radius 3 is 2.53 bits per heavy atom. The predicted molar refractivity (Wildman–Crippen MR) is 72.6 cm³/mol. The van der Waals surface area contributed by atoms with Gasteiger partial charge in [0.05, 0.1) is 0 Å². The summed E-state index contributed by atoms with van der Waals surface area (Å²) in [7, 11) is 0. The van der Waals surface area contributed by atoms with Gasteiger partial charge >= 0.3 is 0 Å². The molecule has 88 valence electrons. The zero-order chi connectivity index (χ0) is 12.3. The fraction of sp³-hybridized carbons (Fsp3) is 0.143. The minimum absolute atomic E-state index is 0.191. The topological polar surface area (TPSA) is 12.0 Å². The number of anilines is 1. The van der Waals surface area contributed by atoms with Gasteiger partial charge in [0.2, 0.25) is 0 Å². The van der Waals surface area contributed by atoms with E-state index in [1.54, 1.807) is 12.1 Å². The van der Waals surface area contributed by atoms with Crippen molar-refractivity contribution in [3.63, 3.8) is 0 Å². The molecule has 0 unspecified atom stereocenters. The molecule has 0 saturated heterocycles. The van der Waals surface area contributed by atoms with Gasteiger partial charge in [-0.25, -0.2) is 4.39 Å². The van der Waals surface area contributed by atoms with Crippen LogP contribution >= 0.6 is 15.9 Å².